The number of benzene rings is 2. The fourth-order valence-corrected chi connectivity index (χ4v) is 3.13. The van der Waals surface area contributed by atoms with Gasteiger partial charge < -0.3 is 0 Å². The quantitative estimate of drug-likeness (QED) is 0.623. The minimum Gasteiger partial charge on any atom is -0.288 e. The fraction of sp³-hybridized carbons (Fsp3) is 0. The van der Waals surface area contributed by atoms with Crippen LogP contribution in [0.1, 0.15) is 15.9 Å². The Labute approximate surface area is 118 Å². The van der Waals surface area contributed by atoms with Crippen molar-refractivity contribution in [2.24, 2.45) is 0 Å². The van der Waals surface area contributed by atoms with Crippen molar-refractivity contribution in [2.45, 2.75) is 0 Å². The lowest BCUT2D eigenvalue weighted by Crippen LogP contribution is -2.20. The second kappa shape index (κ2) is 3.78. The van der Waals surface area contributed by atoms with E-state index in [0.717, 1.165) is 21.6 Å². The number of allylic oxidation sites excluding steroid dienone is 2. The Morgan fingerprint density at radius 1 is 0.842 bits per heavy atom. The fourth-order valence-electron chi connectivity index (χ4n) is 2.80. The summed E-state index contributed by atoms with van der Waals surface area (Å²) in [6.07, 6.45) is 5.91. The number of halogens is 1. The third-order valence-electron chi connectivity index (χ3n) is 3.68. The molecule has 0 saturated heterocycles. The molecule has 19 heavy (non-hydrogen) atoms. The van der Waals surface area contributed by atoms with Crippen LogP contribution in [0.25, 0.3) is 12.2 Å². The predicted molar refractivity (Wildman–Crippen MR) is 79.2 cm³/mol. The van der Waals surface area contributed by atoms with Crippen LogP contribution in [-0.4, -0.2) is 5.78 Å². The highest BCUT2D eigenvalue weighted by atomic mass is 79.9. The van der Waals surface area contributed by atoms with E-state index in [0.29, 0.717) is 4.48 Å². The van der Waals surface area contributed by atoms with Crippen LogP contribution in [0.2, 0.25) is 0 Å². The maximum atomic E-state index is 12.4. The van der Waals surface area contributed by atoms with Crippen molar-refractivity contribution < 1.29 is 4.79 Å². The van der Waals surface area contributed by atoms with Gasteiger partial charge >= 0.3 is 0 Å². The largest absolute Gasteiger partial charge is 0.288 e. The normalized spacial score (nSPS) is 14.8. The molecule has 0 radical (unpaired) electrons. The first kappa shape index (κ1) is 10.9. The van der Waals surface area contributed by atoms with E-state index in [1.807, 2.05) is 30.4 Å². The SMILES string of the molecule is O=C1C(Br)=CC=c2ccc3c(c21)C=c1ccccc1=3. The summed E-state index contributed by atoms with van der Waals surface area (Å²) in [5.41, 5.74) is 1.85. The Kier molecular flexibility index (Phi) is 2.18. The summed E-state index contributed by atoms with van der Waals surface area (Å²) >= 11 is 3.33. The van der Waals surface area contributed by atoms with Gasteiger partial charge in [-0.25, -0.2) is 0 Å². The summed E-state index contributed by atoms with van der Waals surface area (Å²) in [7, 11) is 0. The van der Waals surface area contributed by atoms with Gasteiger partial charge in [0.1, 0.15) is 0 Å². The molecule has 0 fully saturated rings. The molecule has 0 saturated carbocycles. The second-order valence-electron chi connectivity index (χ2n) is 4.73. The van der Waals surface area contributed by atoms with Gasteiger partial charge in [0.2, 0.25) is 5.78 Å². The number of hydrogen-bond acceptors (Lipinski definition) is 1. The number of carbonyl (C=O) groups is 1. The molecule has 4 rings (SSSR count). The number of carbonyl (C=O) groups excluding carboxylic acids is 1. The Morgan fingerprint density at radius 3 is 2.58 bits per heavy atom. The molecule has 0 amide bonds. The maximum absolute atomic E-state index is 12.4. The molecule has 0 spiro atoms. The average Bonchev–Trinajstić information content (AvgIpc) is 2.81. The van der Waals surface area contributed by atoms with Crippen LogP contribution in [0.5, 0.6) is 0 Å². The van der Waals surface area contributed by atoms with Crippen LogP contribution in [0.4, 0.5) is 0 Å². The van der Waals surface area contributed by atoms with Crippen molar-refractivity contribution in [2.75, 3.05) is 0 Å². The highest BCUT2D eigenvalue weighted by Gasteiger charge is 2.19. The topological polar surface area (TPSA) is 17.1 Å². The lowest BCUT2D eigenvalue weighted by atomic mass is 9.96. The van der Waals surface area contributed by atoms with Gasteiger partial charge in [-0.15, -0.1) is 0 Å². The van der Waals surface area contributed by atoms with Crippen LogP contribution in [0.3, 0.4) is 0 Å². The molecule has 0 heterocycles. The smallest absolute Gasteiger partial charge is 0.201 e. The lowest BCUT2D eigenvalue weighted by Gasteiger charge is -2.09. The van der Waals surface area contributed by atoms with E-state index in [4.69, 9.17) is 0 Å². The third-order valence-corrected chi connectivity index (χ3v) is 4.31. The second-order valence-corrected chi connectivity index (χ2v) is 5.59. The molecule has 2 heteroatoms. The summed E-state index contributed by atoms with van der Waals surface area (Å²) in [4.78, 5) is 12.4. The van der Waals surface area contributed by atoms with E-state index < -0.39 is 0 Å². The van der Waals surface area contributed by atoms with Gasteiger partial charge in [-0.05, 0) is 54.5 Å². The summed E-state index contributed by atoms with van der Waals surface area (Å²) in [6.45, 7) is 0. The van der Waals surface area contributed by atoms with Gasteiger partial charge in [0.15, 0.2) is 0 Å². The van der Waals surface area contributed by atoms with E-state index in [1.165, 1.54) is 10.4 Å². The van der Waals surface area contributed by atoms with Gasteiger partial charge in [0.25, 0.3) is 0 Å². The zero-order chi connectivity index (χ0) is 13.0. The molecule has 90 valence electrons. The van der Waals surface area contributed by atoms with Crippen LogP contribution in [0.15, 0.2) is 47.0 Å². The number of Topliss-reactive ketones (excluding diaryl/α,β-unsaturated/α-hetero) is 1. The van der Waals surface area contributed by atoms with Crippen LogP contribution < -0.4 is 10.4 Å². The highest BCUT2D eigenvalue weighted by Crippen LogP contribution is 2.21. The first-order valence-electron chi connectivity index (χ1n) is 6.12. The molecule has 2 aromatic carbocycles. The molecule has 2 aromatic rings. The highest BCUT2D eigenvalue weighted by molar-refractivity contribution is 9.12. The molecular formula is C17H9BrO. The third kappa shape index (κ3) is 1.44. The molecule has 2 aliphatic rings. The Balaban J connectivity index is 2.25. The predicted octanol–water partition coefficient (Wildman–Crippen LogP) is 2.37. The number of hydrogen-bond donors (Lipinski definition) is 0. The molecular weight excluding hydrogens is 300 g/mol. The van der Waals surface area contributed by atoms with Gasteiger partial charge in [0.05, 0.1) is 4.48 Å². The van der Waals surface area contributed by atoms with Gasteiger partial charge in [-0.3, -0.25) is 4.79 Å². The standard InChI is InChI=1S/C17H9BrO/c18-15-8-6-10-5-7-13-12-4-2-1-3-11(12)9-14(13)16(10)17(15)19/h1-9H. The zero-order valence-corrected chi connectivity index (χ0v) is 11.6. The molecule has 0 bridgehead atoms. The summed E-state index contributed by atoms with van der Waals surface area (Å²) in [5.74, 6) is 0.0680. The minimum absolute atomic E-state index is 0.0680. The molecule has 0 N–H and O–H groups in total. The number of rotatable bonds is 0. The van der Waals surface area contributed by atoms with E-state index in [2.05, 4.69) is 40.2 Å². The van der Waals surface area contributed by atoms with Gasteiger partial charge in [0, 0.05) is 5.56 Å². The molecule has 1 nitrogen and oxygen atoms in total. The van der Waals surface area contributed by atoms with Crippen LogP contribution in [-0.2, 0) is 0 Å². The zero-order valence-electron chi connectivity index (χ0n) is 9.98. The lowest BCUT2D eigenvalue weighted by molar-refractivity contribution is 0.104. The number of fused-ring (bicyclic) bond motifs is 4. The first-order valence-corrected chi connectivity index (χ1v) is 6.91. The monoisotopic (exact) mass is 308 g/mol. The summed E-state index contributed by atoms with van der Waals surface area (Å²) < 4.78 is 0.623. The van der Waals surface area contributed by atoms with Gasteiger partial charge in [-0.1, -0.05) is 42.5 Å². The van der Waals surface area contributed by atoms with Crippen LogP contribution >= 0.6 is 15.9 Å². The van der Waals surface area contributed by atoms with E-state index in [9.17, 15) is 4.79 Å². The van der Waals surface area contributed by atoms with Crippen molar-refractivity contribution in [3.8, 4) is 0 Å². The van der Waals surface area contributed by atoms with E-state index >= 15 is 0 Å². The maximum Gasteiger partial charge on any atom is 0.201 e. The average molecular weight is 309 g/mol. The molecule has 2 aliphatic carbocycles. The number of ketones is 1. The van der Waals surface area contributed by atoms with Crippen LogP contribution in [0, 0.1) is 10.4 Å². The van der Waals surface area contributed by atoms with Crippen molar-refractivity contribution in [3.63, 3.8) is 0 Å². The van der Waals surface area contributed by atoms with Crippen molar-refractivity contribution >= 4 is 33.9 Å². The Hall–Kier alpha value is -1.93. The summed E-state index contributed by atoms with van der Waals surface area (Å²) in [5, 5.41) is 4.54. The van der Waals surface area contributed by atoms with Crippen molar-refractivity contribution in [1.82, 2.24) is 0 Å². The van der Waals surface area contributed by atoms with Crippen molar-refractivity contribution in [3.05, 3.63) is 79.0 Å². The molecule has 0 unspecified atom stereocenters. The Morgan fingerprint density at radius 2 is 1.68 bits per heavy atom. The summed E-state index contributed by atoms with van der Waals surface area (Å²) in [6, 6.07) is 12.4. The molecule has 0 aromatic heterocycles. The van der Waals surface area contributed by atoms with E-state index in [1.54, 1.807) is 0 Å². The molecule has 0 aliphatic heterocycles. The van der Waals surface area contributed by atoms with E-state index in [-0.39, 0.29) is 5.78 Å². The van der Waals surface area contributed by atoms with Gasteiger partial charge in [-0.2, -0.15) is 0 Å². The van der Waals surface area contributed by atoms with Crippen molar-refractivity contribution in [1.29, 1.82) is 0 Å². The Bertz CT molecular complexity index is 981. The first-order chi connectivity index (χ1) is 9.25. The minimum atomic E-state index is 0.0680. The molecule has 0 atom stereocenters.